The molecule has 1 saturated heterocycles. The zero-order valence-electron chi connectivity index (χ0n) is 9.38. The minimum Gasteiger partial charge on any atom is -0.461 e. The molecule has 86 valence electrons. The van der Waals surface area contributed by atoms with E-state index in [-0.39, 0.29) is 12.6 Å². The fourth-order valence-electron chi connectivity index (χ4n) is 2.05. The summed E-state index contributed by atoms with van der Waals surface area (Å²) in [6, 6.07) is 8.57. The Morgan fingerprint density at radius 3 is 2.56 bits per heavy atom. The van der Waals surface area contributed by atoms with Crippen LogP contribution in [-0.4, -0.2) is 42.7 Å². The van der Waals surface area contributed by atoms with Crippen LogP contribution in [0.5, 0.6) is 0 Å². The molecule has 1 aliphatic rings. The van der Waals surface area contributed by atoms with Crippen LogP contribution in [0.4, 0.5) is 0 Å². The van der Waals surface area contributed by atoms with E-state index >= 15 is 0 Å². The zero-order chi connectivity index (χ0) is 11.8. The van der Waals surface area contributed by atoms with E-state index in [9.17, 15) is 9.90 Å². The second kappa shape index (κ2) is 3.88. The molecule has 0 saturated carbocycles. The van der Waals surface area contributed by atoms with E-state index in [1.165, 1.54) is 0 Å². The highest BCUT2D eigenvalue weighted by atomic mass is 16.6. The van der Waals surface area contributed by atoms with Crippen molar-refractivity contribution in [3.05, 3.63) is 35.9 Å². The molecule has 0 amide bonds. The highest BCUT2D eigenvalue weighted by molar-refractivity contribution is 5.84. The number of carbonyl (C=O) groups excluding carboxylic acids is 1. The molecule has 2 atom stereocenters. The number of cyclic esters (lactones) is 1. The second-order valence-corrected chi connectivity index (χ2v) is 4.21. The summed E-state index contributed by atoms with van der Waals surface area (Å²) < 4.78 is 4.97. The molecule has 0 aliphatic carbocycles. The summed E-state index contributed by atoms with van der Waals surface area (Å²) >= 11 is 0. The molecule has 0 spiro atoms. The van der Waals surface area contributed by atoms with Gasteiger partial charge < -0.3 is 9.84 Å². The van der Waals surface area contributed by atoms with Crippen molar-refractivity contribution in [3.63, 3.8) is 0 Å². The van der Waals surface area contributed by atoms with Crippen LogP contribution < -0.4 is 0 Å². The Morgan fingerprint density at radius 2 is 2.00 bits per heavy atom. The highest BCUT2D eigenvalue weighted by Crippen LogP contribution is 2.33. The molecule has 1 N–H and O–H groups in total. The van der Waals surface area contributed by atoms with E-state index in [2.05, 4.69) is 0 Å². The third kappa shape index (κ3) is 1.50. The first kappa shape index (κ1) is 11.1. The Labute approximate surface area is 94.4 Å². The number of aliphatic hydroxyl groups is 1. The van der Waals surface area contributed by atoms with Gasteiger partial charge in [-0.2, -0.15) is 0 Å². The third-order valence-electron chi connectivity index (χ3n) is 3.00. The predicted molar refractivity (Wildman–Crippen MR) is 58.8 cm³/mol. The van der Waals surface area contributed by atoms with E-state index in [0.29, 0.717) is 5.56 Å². The maximum absolute atomic E-state index is 11.7. The lowest BCUT2D eigenvalue weighted by Crippen LogP contribution is -2.48. The quantitative estimate of drug-likeness (QED) is 0.733. The van der Waals surface area contributed by atoms with E-state index in [1.807, 2.05) is 20.2 Å². The monoisotopic (exact) mass is 221 g/mol. The number of carbonyl (C=O) groups is 1. The van der Waals surface area contributed by atoms with Crippen molar-refractivity contribution in [2.45, 2.75) is 11.6 Å². The topological polar surface area (TPSA) is 49.8 Å². The minimum absolute atomic E-state index is 0.219. The van der Waals surface area contributed by atoms with Crippen molar-refractivity contribution in [2.75, 3.05) is 20.7 Å². The van der Waals surface area contributed by atoms with Crippen molar-refractivity contribution in [2.24, 2.45) is 0 Å². The van der Waals surface area contributed by atoms with Gasteiger partial charge in [-0.25, -0.2) is 4.79 Å². The van der Waals surface area contributed by atoms with Crippen LogP contribution in [0.25, 0.3) is 0 Å². The fourth-order valence-corrected chi connectivity index (χ4v) is 2.05. The van der Waals surface area contributed by atoms with Crippen LogP contribution in [0.3, 0.4) is 0 Å². The van der Waals surface area contributed by atoms with Gasteiger partial charge in [-0.05, 0) is 19.7 Å². The standard InChI is InChI=1S/C12H15NO3/c1-13(2)10-8-16-11(14)12(10,15)9-6-4-3-5-7-9/h3-7,10,15H,8H2,1-2H3. The minimum atomic E-state index is -1.55. The molecule has 4 nitrogen and oxygen atoms in total. The van der Waals surface area contributed by atoms with E-state index < -0.39 is 11.6 Å². The number of likely N-dealkylation sites (N-methyl/N-ethyl adjacent to an activating group) is 1. The molecular weight excluding hydrogens is 206 g/mol. The van der Waals surface area contributed by atoms with Gasteiger partial charge >= 0.3 is 5.97 Å². The summed E-state index contributed by atoms with van der Waals surface area (Å²) in [4.78, 5) is 13.5. The Morgan fingerprint density at radius 1 is 1.38 bits per heavy atom. The number of hydrogen-bond acceptors (Lipinski definition) is 4. The first-order chi connectivity index (χ1) is 7.56. The number of rotatable bonds is 2. The maximum atomic E-state index is 11.7. The van der Waals surface area contributed by atoms with Crippen molar-refractivity contribution in [1.82, 2.24) is 4.90 Å². The Bertz CT molecular complexity index is 391. The highest BCUT2D eigenvalue weighted by Gasteiger charge is 2.53. The van der Waals surface area contributed by atoms with Gasteiger partial charge in [-0.3, -0.25) is 4.90 Å². The molecule has 1 aliphatic heterocycles. The third-order valence-corrected chi connectivity index (χ3v) is 3.00. The summed E-state index contributed by atoms with van der Waals surface area (Å²) in [7, 11) is 3.64. The number of esters is 1. The lowest BCUT2D eigenvalue weighted by Gasteiger charge is -2.30. The summed E-state index contributed by atoms with van der Waals surface area (Å²) in [5, 5.41) is 10.5. The lowest BCUT2D eigenvalue weighted by atomic mass is 9.88. The summed E-state index contributed by atoms with van der Waals surface area (Å²) in [5.41, 5.74) is -0.971. The second-order valence-electron chi connectivity index (χ2n) is 4.21. The molecule has 1 aromatic carbocycles. The molecule has 0 bridgehead atoms. The summed E-state index contributed by atoms with van der Waals surface area (Å²) in [6.07, 6.45) is 0. The van der Waals surface area contributed by atoms with Gasteiger partial charge in [0, 0.05) is 0 Å². The summed E-state index contributed by atoms with van der Waals surface area (Å²) in [5.74, 6) is -0.572. The van der Waals surface area contributed by atoms with Crippen LogP contribution in [0, 0.1) is 0 Å². The normalized spacial score (nSPS) is 29.5. The lowest BCUT2D eigenvalue weighted by molar-refractivity contribution is -0.155. The van der Waals surface area contributed by atoms with Gasteiger partial charge in [0.2, 0.25) is 5.60 Å². The van der Waals surface area contributed by atoms with E-state index in [0.717, 1.165) is 0 Å². The average Bonchev–Trinajstić information content (AvgIpc) is 2.58. The first-order valence-electron chi connectivity index (χ1n) is 5.18. The van der Waals surface area contributed by atoms with Crippen molar-refractivity contribution >= 4 is 5.97 Å². The van der Waals surface area contributed by atoms with Gasteiger partial charge in [-0.1, -0.05) is 30.3 Å². The predicted octanol–water partition coefficient (Wildman–Crippen LogP) is 0.361. The van der Waals surface area contributed by atoms with Gasteiger partial charge in [0.25, 0.3) is 0 Å². The molecular formula is C12H15NO3. The van der Waals surface area contributed by atoms with Crippen LogP contribution in [0.1, 0.15) is 5.56 Å². The van der Waals surface area contributed by atoms with Crippen LogP contribution in [0.15, 0.2) is 30.3 Å². The summed E-state index contributed by atoms with van der Waals surface area (Å²) in [6.45, 7) is 0.219. The van der Waals surface area contributed by atoms with Crippen LogP contribution >= 0.6 is 0 Å². The molecule has 4 heteroatoms. The molecule has 16 heavy (non-hydrogen) atoms. The van der Waals surface area contributed by atoms with E-state index in [4.69, 9.17) is 4.74 Å². The van der Waals surface area contributed by atoms with E-state index in [1.54, 1.807) is 29.2 Å². The Hall–Kier alpha value is -1.39. The first-order valence-corrected chi connectivity index (χ1v) is 5.18. The molecule has 2 unspecified atom stereocenters. The van der Waals surface area contributed by atoms with Gasteiger partial charge in [-0.15, -0.1) is 0 Å². The van der Waals surface area contributed by atoms with Crippen molar-refractivity contribution in [1.29, 1.82) is 0 Å². The SMILES string of the molecule is CN(C)C1COC(=O)C1(O)c1ccccc1. The van der Waals surface area contributed by atoms with Gasteiger partial charge in [0.1, 0.15) is 6.61 Å². The van der Waals surface area contributed by atoms with Crippen LogP contribution in [-0.2, 0) is 15.1 Å². The number of benzene rings is 1. The molecule has 1 aromatic rings. The van der Waals surface area contributed by atoms with Gasteiger partial charge in [0.05, 0.1) is 6.04 Å². The maximum Gasteiger partial charge on any atom is 0.344 e. The Kier molecular flexibility index (Phi) is 2.69. The smallest absolute Gasteiger partial charge is 0.344 e. The zero-order valence-corrected chi connectivity index (χ0v) is 9.38. The number of ether oxygens (including phenoxy) is 1. The molecule has 2 rings (SSSR count). The Balaban J connectivity index is 2.45. The van der Waals surface area contributed by atoms with Crippen LogP contribution in [0.2, 0.25) is 0 Å². The van der Waals surface area contributed by atoms with Crippen molar-refractivity contribution in [3.8, 4) is 0 Å². The largest absolute Gasteiger partial charge is 0.461 e. The number of nitrogens with zero attached hydrogens (tertiary/aromatic N) is 1. The molecule has 1 fully saturated rings. The van der Waals surface area contributed by atoms with Crippen molar-refractivity contribution < 1.29 is 14.6 Å². The van der Waals surface area contributed by atoms with Gasteiger partial charge in [0.15, 0.2) is 0 Å². The molecule has 0 radical (unpaired) electrons. The molecule has 1 heterocycles. The molecule has 0 aromatic heterocycles. The average molecular weight is 221 g/mol. The number of hydrogen-bond donors (Lipinski definition) is 1. The fraction of sp³-hybridized carbons (Fsp3) is 0.417.